The largest absolute Gasteiger partial charge is 0.324 e. The Kier molecular flexibility index (Phi) is 1.36. The standard InChI is InChI=1S/C7H13NO2S/c8-7-3-1-2-6(7)4-11(9,10)5-7/h6H,1-5,8H2. The van der Waals surface area contributed by atoms with Gasteiger partial charge in [0.25, 0.3) is 0 Å². The zero-order valence-corrected chi connectivity index (χ0v) is 7.23. The van der Waals surface area contributed by atoms with E-state index >= 15 is 0 Å². The van der Waals surface area contributed by atoms with Gasteiger partial charge in [-0.1, -0.05) is 6.42 Å². The second-order valence-corrected chi connectivity index (χ2v) is 5.99. The molecule has 2 unspecified atom stereocenters. The third-order valence-electron chi connectivity index (χ3n) is 2.95. The van der Waals surface area contributed by atoms with Gasteiger partial charge in [0.2, 0.25) is 0 Å². The van der Waals surface area contributed by atoms with E-state index in [2.05, 4.69) is 0 Å². The molecule has 2 N–H and O–H groups in total. The Hall–Kier alpha value is -0.0900. The van der Waals surface area contributed by atoms with E-state index in [9.17, 15) is 8.42 Å². The summed E-state index contributed by atoms with van der Waals surface area (Å²) in [7, 11) is -2.79. The normalized spacial score (nSPS) is 47.5. The quantitative estimate of drug-likeness (QED) is 0.560. The lowest BCUT2D eigenvalue weighted by molar-refractivity contribution is 0.404. The van der Waals surface area contributed by atoms with Crippen LogP contribution in [0.5, 0.6) is 0 Å². The van der Waals surface area contributed by atoms with Gasteiger partial charge in [-0.15, -0.1) is 0 Å². The summed E-state index contributed by atoms with van der Waals surface area (Å²) in [5, 5.41) is 0. The maximum Gasteiger partial charge on any atom is 0.152 e. The molecule has 0 aromatic carbocycles. The fourth-order valence-electron chi connectivity index (χ4n) is 2.38. The van der Waals surface area contributed by atoms with E-state index in [1.54, 1.807) is 0 Å². The lowest BCUT2D eigenvalue weighted by Crippen LogP contribution is -2.43. The van der Waals surface area contributed by atoms with Gasteiger partial charge in [-0.05, 0) is 18.8 Å². The molecule has 0 bridgehead atoms. The van der Waals surface area contributed by atoms with Crippen LogP contribution in [-0.4, -0.2) is 25.5 Å². The molecule has 2 fully saturated rings. The van der Waals surface area contributed by atoms with Crippen LogP contribution in [0.2, 0.25) is 0 Å². The van der Waals surface area contributed by atoms with Gasteiger partial charge in [0.05, 0.1) is 11.5 Å². The Morgan fingerprint density at radius 2 is 2.18 bits per heavy atom. The summed E-state index contributed by atoms with van der Waals surface area (Å²) in [6.45, 7) is 0. The molecule has 0 aromatic rings. The van der Waals surface area contributed by atoms with Crippen molar-refractivity contribution in [2.24, 2.45) is 11.7 Å². The molecule has 1 heterocycles. The first-order chi connectivity index (χ1) is 5.02. The topological polar surface area (TPSA) is 60.2 Å². The van der Waals surface area contributed by atoms with Crippen molar-refractivity contribution in [1.82, 2.24) is 0 Å². The maximum atomic E-state index is 11.2. The van der Waals surface area contributed by atoms with E-state index < -0.39 is 9.84 Å². The Morgan fingerprint density at radius 3 is 2.82 bits per heavy atom. The highest BCUT2D eigenvalue weighted by molar-refractivity contribution is 7.91. The predicted molar refractivity (Wildman–Crippen MR) is 42.9 cm³/mol. The first kappa shape index (κ1) is 7.55. The van der Waals surface area contributed by atoms with Gasteiger partial charge in [0.1, 0.15) is 0 Å². The van der Waals surface area contributed by atoms with Crippen LogP contribution in [0.15, 0.2) is 0 Å². The Morgan fingerprint density at radius 1 is 1.45 bits per heavy atom. The summed E-state index contributed by atoms with van der Waals surface area (Å²) in [5.74, 6) is 0.821. The fourth-order valence-corrected chi connectivity index (χ4v) is 4.81. The van der Waals surface area contributed by atoms with Crippen molar-refractivity contribution in [3.8, 4) is 0 Å². The Labute approximate surface area is 66.9 Å². The molecule has 2 atom stereocenters. The number of nitrogens with two attached hydrogens (primary N) is 1. The summed E-state index contributed by atoms with van der Waals surface area (Å²) in [6.07, 6.45) is 3.02. The maximum absolute atomic E-state index is 11.2. The second kappa shape index (κ2) is 1.98. The lowest BCUT2D eigenvalue weighted by atomic mass is 9.92. The third kappa shape index (κ3) is 1.08. The van der Waals surface area contributed by atoms with Crippen LogP contribution in [0.3, 0.4) is 0 Å². The number of fused-ring (bicyclic) bond motifs is 1. The minimum atomic E-state index is -2.79. The van der Waals surface area contributed by atoms with Crippen LogP contribution in [0.1, 0.15) is 19.3 Å². The van der Waals surface area contributed by atoms with Gasteiger partial charge < -0.3 is 5.73 Å². The van der Waals surface area contributed by atoms with Gasteiger partial charge in [0.15, 0.2) is 9.84 Å². The Balaban J connectivity index is 2.33. The molecule has 4 heteroatoms. The summed E-state index contributed by atoms with van der Waals surface area (Å²) >= 11 is 0. The molecule has 1 saturated heterocycles. The van der Waals surface area contributed by atoms with E-state index in [1.165, 1.54) is 0 Å². The van der Waals surface area contributed by atoms with E-state index in [0.29, 0.717) is 5.75 Å². The average Bonchev–Trinajstić information content (AvgIpc) is 2.16. The van der Waals surface area contributed by atoms with Crippen LogP contribution >= 0.6 is 0 Å². The molecule has 2 rings (SSSR count). The SMILES string of the molecule is NC12CCCC1CS(=O)(=O)C2. The van der Waals surface area contributed by atoms with E-state index in [4.69, 9.17) is 5.73 Å². The highest BCUT2D eigenvalue weighted by atomic mass is 32.2. The molecular formula is C7H13NO2S. The molecule has 11 heavy (non-hydrogen) atoms. The lowest BCUT2D eigenvalue weighted by Gasteiger charge is -2.20. The molecule has 2 aliphatic rings. The first-order valence-corrected chi connectivity index (χ1v) is 5.83. The zero-order chi connectivity index (χ0) is 8.11. The molecule has 64 valence electrons. The summed E-state index contributed by atoms with van der Waals surface area (Å²) in [4.78, 5) is 0. The second-order valence-electron chi connectivity index (χ2n) is 3.88. The average molecular weight is 175 g/mol. The first-order valence-electron chi connectivity index (χ1n) is 4.01. The van der Waals surface area contributed by atoms with E-state index in [1.807, 2.05) is 0 Å². The molecule has 3 nitrogen and oxygen atoms in total. The minimum Gasteiger partial charge on any atom is -0.324 e. The molecule has 1 aliphatic carbocycles. The Bertz CT molecular complexity index is 272. The zero-order valence-electron chi connectivity index (χ0n) is 6.41. The minimum absolute atomic E-state index is 0.227. The van der Waals surface area contributed by atoms with Crippen LogP contribution in [-0.2, 0) is 9.84 Å². The fraction of sp³-hybridized carbons (Fsp3) is 1.00. The molecule has 1 saturated carbocycles. The van der Waals surface area contributed by atoms with Gasteiger partial charge in [-0.25, -0.2) is 8.42 Å². The number of sulfone groups is 1. The third-order valence-corrected chi connectivity index (χ3v) is 4.84. The van der Waals surface area contributed by atoms with Crippen LogP contribution in [0, 0.1) is 5.92 Å². The number of rotatable bonds is 0. The van der Waals surface area contributed by atoms with Gasteiger partial charge in [0, 0.05) is 5.54 Å². The van der Waals surface area contributed by atoms with Crippen molar-refractivity contribution in [2.45, 2.75) is 24.8 Å². The molecule has 1 aliphatic heterocycles. The molecule has 0 aromatic heterocycles. The smallest absolute Gasteiger partial charge is 0.152 e. The van der Waals surface area contributed by atoms with Crippen molar-refractivity contribution >= 4 is 9.84 Å². The summed E-state index contributed by atoms with van der Waals surface area (Å²) < 4.78 is 22.3. The molecule has 0 spiro atoms. The number of hydrogen-bond donors (Lipinski definition) is 1. The van der Waals surface area contributed by atoms with Gasteiger partial charge in [-0.2, -0.15) is 0 Å². The van der Waals surface area contributed by atoms with Crippen LogP contribution in [0.4, 0.5) is 0 Å². The van der Waals surface area contributed by atoms with Crippen molar-refractivity contribution in [3.63, 3.8) is 0 Å². The van der Waals surface area contributed by atoms with E-state index in [-0.39, 0.29) is 17.2 Å². The van der Waals surface area contributed by atoms with Crippen LogP contribution in [0.25, 0.3) is 0 Å². The van der Waals surface area contributed by atoms with Crippen LogP contribution < -0.4 is 5.73 Å². The number of hydrogen-bond acceptors (Lipinski definition) is 3. The van der Waals surface area contributed by atoms with Gasteiger partial charge in [-0.3, -0.25) is 0 Å². The highest BCUT2D eigenvalue weighted by Crippen LogP contribution is 2.40. The van der Waals surface area contributed by atoms with Gasteiger partial charge >= 0.3 is 0 Å². The molecular weight excluding hydrogens is 162 g/mol. The molecule has 0 amide bonds. The van der Waals surface area contributed by atoms with Crippen molar-refractivity contribution < 1.29 is 8.42 Å². The predicted octanol–water partition coefficient (Wildman–Crippen LogP) is -0.0876. The summed E-state index contributed by atoms with van der Waals surface area (Å²) in [5.41, 5.74) is 5.61. The summed E-state index contributed by atoms with van der Waals surface area (Å²) in [6, 6.07) is 0. The van der Waals surface area contributed by atoms with E-state index in [0.717, 1.165) is 19.3 Å². The molecule has 0 radical (unpaired) electrons. The highest BCUT2D eigenvalue weighted by Gasteiger charge is 2.49. The van der Waals surface area contributed by atoms with Crippen molar-refractivity contribution in [3.05, 3.63) is 0 Å². The van der Waals surface area contributed by atoms with Crippen molar-refractivity contribution in [1.29, 1.82) is 0 Å². The monoisotopic (exact) mass is 175 g/mol. The van der Waals surface area contributed by atoms with Crippen molar-refractivity contribution in [2.75, 3.05) is 11.5 Å².